The van der Waals surface area contributed by atoms with E-state index in [1.165, 1.54) is 25.8 Å². The van der Waals surface area contributed by atoms with Crippen LogP contribution in [0.2, 0.25) is 0 Å². The lowest BCUT2D eigenvalue weighted by atomic mass is 10.1. The van der Waals surface area contributed by atoms with Crippen molar-refractivity contribution in [2.45, 2.75) is 65.1 Å². The van der Waals surface area contributed by atoms with Gasteiger partial charge in [-0.25, -0.2) is 0 Å². The fourth-order valence-electron chi connectivity index (χ4n) is 2.03. The van der Waals surface area contributed by atoms with Crippen molar-refractivity contribution in [1.29, 1.82) is 0 Å². The van der Waals surface area contributed by atoms with E-state index >= 15 is 0 Å². The van der Waals surface area contributed by atoms with Crippen molar-refractivity contribution in [2.24, 2.45) is 0 Å². The van der Waals surface area contributed by atoms with Crippen molar-refractivity contribution in [3.8, 4) is 0 Å². The lowest BCUT2D eigenvalue weighted by Gasteiger charge is -2.33. The average Bonchev–Trinajstić information content (AvgIpc) is 2.99. The van der Waals surface area contributed by atoms with Gasteiger partial charge < -0.3 is 5.32 Å². The number of hydrogen-bond acceptors (Lipinski definition) is 2. The van der Waals surface area contributed by atoms with Crippen LogP contribution in [0.1, 0.15) is 47.0 Å². The van der Waals surface area contributed by atoms with E-state index in [1.807, 2.05) is 0 Å². The van der Waals surface area contributed by atoms with Gasteiger partial charge in [-0.1, -0.05) is 13.8 Å². The fraction of sp³-hybridized carbons (Fsp3) is 1.00. The van der Waals surface area contributed by atoms with Gasteiger partial charge in [-0.05, 0) is 39.7 Å². The molecular formula is C12H26N2. The van der Waals surface area contributed by atoms with Gasteiger partial charge in [0.25, 0.3) is 0 Å². The summed E-state index contributed by atoms with van der Waals surface area (Å²) in [6.45, 7) is 11.5. The summed E-state index contributed by atoms with van der Waals surface area (Å²) < 4.78 is 0. The Hall–Kier alpha value is -0.0800. The third kappa shape index (κ3) is 3.58. The quantitative estimate of drug-likeness (QED) is 0.675. The zero-order valence-corrected chi connectivity index (χ0v) is 10.2. The normalized spacial score (nSPS) is 21.2. The first kappa shape index (κ1) is 12.0. The molecule has 1 saturated carbocycles. The zero-order valence-electron chi connectivity index (χ0n) is 10.2. The molecule has 0 aromatic carbocycles. The van der Waals surface area contributed by atoms with Gasteiger partial charge in [0.1, 0.15) is 0 Å². The summed E-state index contributed by atoms with van der Waals surface area (Å²) in [7, 11) is 0. The van der Waals surface area contributed by atoms with E-state index < -0.39 is 0 Å². The van der Waals surface area contributed by atoms with E-state index in [0.717, 1.165) is 18.6 Å². The van der Waals surface area contributed by atoms with Crippen LogP contribution < -0.4 is 5.32 Å². The molecule has 0 bridgehead atoms. The molecule has 0 heterocycles. The lowest BCUT2D eigenvalue weighted by molar-refractivity contribution is 0.155. The van der Waals surface area contributed by atoms with Crippen LogP contribution in [0.5, 0.6) is 0 Å². The Morgan fingerprint density at radius 2 is 1.86 bits per heavy atom. The van der Waals surface area contributed by atoms with Crippen molar-refractivity contribution < 1.29 is 0 Å². The molecule has 0 aromatic rings. The highest BCUT2D eigenvalue weighted by atomic mass is 15.2. The first-order valence-corrected chi connectivity index (χ1v) is 6.18. The maximum absolute atomic E-state index is 3.61. The van der Waals surface area contributed by atoms with Crippen LogP contribution in [0.15, 0.2) is 0 Å². The lowest BCUT2D eigenvalue weighted by Crippen LogP contribution is -2.45. The largest absolute Gasteiger partial charge is 0.312 e. The Kier molecular flexibility index (Phi) is 4.90. The molecule has 1 aliphatic rings. The molecule has 0 aromatic heterocycles. The standard InChI is InChI=1S/C12H26N2/c1-5-10(3)14(6-2)11(4)9-13-12-7-8-12/h10-13H,5-9H2,1-4H3. The minimum absolute atomic E-state index is 0.676. The first-order chi connectivity index (χ1) is 6.69. The third-order valence-corrected chi connectivity index (χ3v) is 3.37. The van der Waals surface area contributed by atoms with Gasteiger partial charge in [0.15, 0.2) is 0 Å². The maximum atomic E-state index is 3.61. The Morgan fingerprint density at radius 1 is 1.21 bits per heavy atom. The van der Waals surface area contributed by atoms with Gasteiger partial charge in [-0.2, -0.15) is 0 Å². The second-order valence-corrected chi connectivity index (χ2v) is 4.62. The van der Waals surface area contributed by atoms with E-state index in [2.05, 4.69) is 37.9 Å². The summed E-state index contributed by atoms with van der Waals surface area (Å²) >= 11 is 0. The molecule has 2 unspecified atom stereocenters. The molecule has 2 heteroatoms. The van der Waals surface area contributed by atoms with Gasteiger partial charge in [0.2, 0.25) is 0 Å². The Morgan fingerprint density at radius 3 is 2.29 bits per heavy atom. The highest BCUT2D eigenvalue weighted by Gasteiger charge is 2.23. The molecule has 0 aliphatic heterocycles. The van der Waals surface area contributed by atoms with Crippen LogP contribution in [0, 0.1) is 0 Å². The fourth-order valence-corrected chi connectivity index (χ4v) is 2.03. The molecule has 0 spiro atoms. The highest BCUT2D eigenvalue weighted by Crippen LogP contribution is 2.19. The van der Waals surface area contributed by atoms with E-state index in [0.29, 0.717) is 6.04 Å². The molecule has 14 heavy (non-hydrogen) atoms. The smallest absolute Gasteiger partial charge is 0.0195 e. The zero-order chi connectivity index (χ0) is 10.6. The second-order valence-electron chi connectivity index (χ2n) is 4.62. The molecule has 84 valence electrons. The Balaban J connectivity index is 2.25. The molecule has 2 atom stereocenters. The monoisotopic (exact) mass is 198 g/mol. The minimum Gasteiger partial charge on any atom is -0.312 e. The van der Waals surface area contributed by atoms with Crippen molar-refractivity contribution in [3.63, 3.8) is 0 Å². The number of rotatable bonds is 7. The Labute approximate surface area is 89.1 Å². The van der Waals surface area contributed by atoms with Gasteiger partial charge in [0.05, 0.1) is 0 Å². The second kappa shape index (κ2) is 5.72. The summed E-state index contributed by atoms with van der Waals surface area (Å²) in [4.78, 5) is 2.59. The number of hydrogen-bond donors (Lipinski definition) is 1. The Bertz CT molecular complexity index is 154. The van der Waals surface area contributed by atoms with Crippen LogP contribution in [-0.2, 0) is 0 Å². The summed E-state index contributed by atoms with van der Waals surface area (Å²) in [5.41, 5.74) is 0. The molecule has 0 saturated heterocycles. The summed E-state index contributed by atoms with van der Waals surface area (Å²) in [6, 6.07) is 2.24. The predicted molar refractivity (Wildman–Crippen MR) is 62.6 cm³/mol. The number of nitrogens with one attached hydrogen (secondary N) is 1. The molecule has 0 amide bonds. The molecule has 1 fully saturated rings. The molecular weight excluding hydrogens is 172 g/mol. The van der Waals surface area contributed by atoms with E-state index in [1.54, 1.807) is 0 Å². The molecule has 2 nitrogen and oxygen atoms in total. The van der Waals surface area contributed by atoms with Gasteiger partial charge >= 0.3 is 0 Å². The van der Waals surface area contributed by atoms with Gasteiger partial charge in [0, 0.05) is 24.7 Å². The summed E-state index contributed by atoms with van der Waals surface area (Å²) in [6.07, 6.45) is 4.03. The van der Waals surface area contributed by atoms with E-state index in [4.69, 9.17) is 0 Å². The third-order valence-electron chi connectivity index (χ3n) is 3.37. The topological polar surface area (TPSA) is 15.3 Å². The van der Waals surface area contributed by atoms with Gasteiger partial charge in [-0.3, -0.25) is 4.90 Å². The molecule has 0 radical (unpaired) electrons. The van der Waals surface area contributed by atoms with Crippen LogP contribution in [0.4, 0.5) is 0 Å². The summed E-state index contributed by atoms with van der Waals surface area (Å²) in [5, 5.41) is 3.61. The SMILES string of the molecule is CCC(C)N(CC)C(C)CNC1CC1. The van der Waals surface area contributed by atoms with Crippen molar-refractivity contribution in [1.82, 2.24) is 10.2 Å². The van der Waals surface area contributed by atoms with Crippen molar-refractivity contribution >= 4 is 0 Å². The van der Waals surface area contributed by atoms with E-state index in [-0.39, 0.29) is 0 Å². The van der Waals surface area contributed by atoms with E-state index in [9.17, 15) is 0 Å². The highest BCUT2D eigenvalue weighted by molar-refractivity contribution is 4.83. The van der Waals surface area contributed by atoms with Crippen molar-refractivity contribution in [3.05, 3.63) is 0 Å². The molecule has 1 N–H and O–H groups in total. The average molecular weight is 198 g/mol. The predicted octanol–water partition coefficient (Wildman–Crippen LogP) is 2.25. The molecule has 1 aliphatic carbocycles. The van der Waals surface area contributed by atoms with Gasteiger partial charge in [-0.15, -0.1) is 0 Å². The number of likely N-dealkylation sites (N-methyl/N-ethyl adjacent to an activating group) is 1. The minimum atomic E-state index is 0.676. The van der Waals surface area contributed by atoms with Crippen molar-refractivity contribution in [2.75, 3.05) is 13.1 Å². The van der Waals surface area contributed by atoms with Crippen LogP contribution in [0.3, 0.4) is 0 Å². The summed E-state index contributed by atoms with van der Waals surface area (Å²) in [5.74, 6) is 0. The van der Waals surface area contributed by atoms with Crippen LogP contribution >= 0.6 is 0 Å². The first-order valence-electron chi connectivity index (χ1n) is 6.18. The van der Waals surface area contributed by atoms with Crippen LogP contribution in [-0.4, -0.2) is 36.1 Å². The number of nitrogens with zero attached hydrogens (tertiary/aromatic N) is 1. The maximum Gasteiger partial charge on any atom is 0.0195 e. The molecule has 1 rings (SSSR count). The van der Waals surface area contributed by atoms with Crippen LogP contribution in [0.25, 0.3) is 0 Å².